The lowest BCUT2D eigenvalue weighted by Crippen LogP contribution is -2.38. The second-order valence-electron chi connectivity index (χ2n) is 8.82. The zero-order valence-corrected chi connectivity index (χ0v) is 18.3. The highest BCUT2D eigenvalue weighted by Crippen LogP contribution is 2.35. The van der Waals surface area contributed by atoms with Crippen molar-refractivity contribution < 1.29 is 9.32 Å². The molecule has 3 aromatic rings. The molecule has 2 aromatic carbocycles. The third-order valence-electron chi connectivity index (χ3n) is 6.66. The number of likely N-dealkylation sites (N-methyl/N-ethyl adjacent to an activating group) is 1. The smallest absolute Gasteiger partial charge is 0.255 e. The summed E-state index contributed by atoms with van der Waals surface area (Å²) in [5.74, 6) is 0.875. The number of aromatic nitrogens is 1. The van der Waals surface area contributed by atoms with Crippen LogP contribution in [0.3, 0.4) is 0 Å². The Bertz CT molecular complexity index is 1150. The number of piperidine rings is 1. The molecule has 0 N–H and O–H groups in total. The lowest BCUT2D eigenvalue weighted by molar-refractivity contribution is 0.0604. The summed E-state index contributed by atoms with van der Waals surface area (Å²) in [6.45, 7) is 4.68. The second kappa shape index (κ2) is 8.31. The van der Waals surface area contributed by atoms with E-state index in [0.717, 1.165) is 73.1 Å². The van der Waals surface area contributed by atoms with Gasteiger partial charge in [-0.05, 0) is 67.6 Å². The number of carbonyl (C=O) groups is 1. The molecule has 5 nitrogen and oxygen atoms in total. The van der Waals surface area contributed by atoms with Gasteiger partial charge in [-0.25, -0.2) is 0 Å². The molecule has 1 unspecified atom stereocenters. The minimum Gasteiger partial charge on any atom is -0.361 e. The maximum Gasteiger partial charge on any atom is 0.255 e. The number of benzene rings is 2. The molecule has 0 radical (unpaired) electrons. The number of aryl methyl sites for hydroxylation is 1. The van der Waals surface area contributed by atoms with Gasteiger partial charge in [0.25, 0.3) is 5.91 Å². The molecule has 1 aromatic heterocycles. The highest BCUT2D eigenvalue weighted by Gasteiger charge is 2.31. The Hall–Kier alpha value is -2.92. The number of rotatable bonds is 3. The van der Waals surface area contributed by atoms with E-state index in [1.54, 1.807) is 0 Å². The minimum absolute atomic E-state index is 0.0197. The molecule has 2 aliphatic heterocycles. The minimum atomic E-state index is -0.0197. The molecule has 0 spiro atoms. The Balaban J connectivity index is 1.54. The highest BCUT2D eigenvalue weighted by molar-refractivity contribution is 6.09. The van der Waals surface area contributed by atoms with Crippen LogP contribution in [0.5, 0.6) is 0 Å². The van der Waals surface area contributed by atoms with Crippen LogP contribution in [0, 0.1) is 6.92 Å². The molecule has 160 valence electrons. The average molecular weight is 416 g/mol. The van der Waals surface area contributed by atoms with E-state index >= 15 is 0 Å². The van der Waals surface area contributed by atoms with Crippen LogP contribution in [-0.2, 0) is 0 Å². The van der Waals surface area contributed by atoms with E-state index in [-0.39, 0.29) is 11.9 Å². The van der Waals surface area contributed by atoms with Gasteiger partial charge < -0.3 is 14.3 Å². The zero-order valence-electron chi connectivity index (χ0n) is 18.3. The fraction of sp³-hybridized carbons (Fsp3) is 0.385. The molecule has 0 bridgehead atoms. The van der Waals surface area contributed by atoms with E-state index in [0.29, 0.717) is 0 Å². The van der Waals surface area contributed by atoms with E-state index < -0.39 is 0 Å². The maximum atomic E-state index is 13.8. The van der Waals surface area contributed by atoms with Gasteiger partial charge in [0, 0.05) is 31.3 Å². The molecule has 1 amide bonds. The summed E-state index contributed by atoms with van der Waals surface area (Å²) >= 11 is 0. The topological polar surface area (TPSA) is 49.6 Å². The van der Waals surface area contributed by atoms with Crippen molar-refractivity contribution in [3.63, 3.8) is 0 Å². The summed E-state index contributed by atoms with van der Waals surface area (Å²) in [6, 6.07) is 14.4. The summed E-state index contributed by atoms with van der Waals surface area (Å²) < 4.78 is 5.31. The number of nitrogens with zero attached hydrogens (tertiary/aromatic N) is 3. The predicted molar refractivity (Wildman–Crippen MR) is 123 cm³/mol. The van der Waals surface area contributed by atoms with Gasteiger partial charge in [-0.2, -0.15) is 0 Å². The quantitative estimate of drug-likeness (QED) is 0.588. The molecule has 1 saturated heterocycles. The van der Waals surface area contributed by atoms with Gasteiger partial charge in [-0.1, -0.05) is 41.6 Å². The van der Waals surface area contributed by atoms with Gasteiger partial charge in [0.15, 0.2) is 0 Å². The Morgan fingerprint density at radius 3 is 2.71 bits per heavy atom. The Morgan fingerprint density at radius 2 is 1.94 bits per heavy atom. The Morgan fingerprint density at radius 1 is 1.10 bits per heavy atom. The highest BCUT2D eigenvalue weighted by atomic mass is 16.5. The number of hydrogen-bond donors (Lipinski definition) is 0. The summed E-state index contributed by atoms with van der Waals surface area (Å²) in [4.78, 5) is 18.1. The molecular formula is C26H29N3O2. The van der Waals surface area contributed by atoms with Crippen LogP contribution < -0.4 is 0 Å². The normalized spacial score (nSPS) is 20.1. The number of fused-ring (bicyclic) bond motifs is 1. The van der Waals surface area contributed by atoms with E-state index in [4.69, 9.17) is 4.52 Å². The SMILES string of the molecule is Cc1cc(C2CCCCN2C(=O)c2cccc3c(C4=CCN(C)CC4)cccc23)no1. The molecule has 1 fully saturated rings. The first kappa shape index (κ1) is 20.0. The average Bonchev–Trinajstić information content (AvgIpc) is 3.24. The van der Waals surface area contributed by atoms with Gasteiger partial charge in [0.1, 0.15) is 11.5 Å². The van der Waals surface area contributed by atoms with Crippen LogP contribution in [0.4, 0.5) is 0 Å². The van der Waals surface area contributed by atoms with Crippen molar-refractivity contribution in [3.05, 3.63) is 71.1 Å². The Labute approximate surface area is 183 Å². The summed E-state index contributed by atoms with van der Waals surface area (Å²) in [7, 11) is 2.15. The first-order valence-electron chi connectivity index (χ1n) is 11.3. The van der Waals surface area contributed by atoms with Crippen molar-refractivity contribution >= 4 is 22.3 Å². The number of hydrogen-bond acceptors (Lipinski definition) is 4. The third-order valence-corrected chi connectivity index (χ3v) is 6.66. The maximum absolute atomic E-state index is 13.8. The summed E-state index contributed by atoms with van der Waals surface area (Å²) in [5.41, 5.74) is 4.27. The second-order valence-corrected chi connectivity index (χ2v) is 8.82. The van der Waals surface area contributed by atoms with Crippen LogP contribution >= 0.6 is 0 Å². The van der Waals surface area contributed by atoms with Crippen molar-refractivity contribution in [2.45, 2.75) is 38.6 Å². The van der Waals surface area contributed by atoms with E-state index in [1.165, 1.54) is 11.1 Å². The first-order valence-corrected chi connectivity index (χ1v) is 11.3. The standard InChI is InChI=1S/C26H29N3O2/c1-18-17-24(27-31-18)25-11-3-4-14-29(25)26(30)23-10-6-8-21-20(7-5-9-22(21)23)19-12-15-28(2)16-13-19/h5-10,12,17,25H,3-4,11,13-16H2,1-2H3. The fourth-order valence-electron chi connectivity index (χ4n) is 4.97. The van der Waals surface area contributed by atoms with E-state index in [1.807, 2.05) is 30.0 Å². The zero-order chi connectivity index (χ0) is 21.4. The van der Waals surface area contributed by atoms with Crippen LogP contribution in [0.2, 0.25) is 0 Å². The lowest BCUT2D eigenvalue weighted by atomic mass is 9.91. The molecule has 0 aliphatic carbocycles. The number of likely N-dealkylation sites (tertiary alicyclic amines) is 1. The van der Waals surface area contributed by atoms with Gasteiger partial charge in [0.2, 0.25) is 0 Å². The Kier molecular flexibility index (Phi) is 5.36. The monoisotopic (exact) mass is 415 g/mol. The van der Waals surface area contributed by atoms with Gasteiger partial charge >= 0.3 is 0 Å². The van der Waals surface area contributed by atoms with E-state index in [2.05, 4.69) is 47.4 Å². The van der Waals surface area contributed by atoms with Crippen LogP contribution in [0.25, 0.3) is 16.3 Å². The van der Waals surface area contributed by atoms with Gasteiger partial charge in [-0.15, -0.1) is 0 Å². The molecule has 1 atom stereocenters. The van der Waals surface area contributed by atoms with Gasteiger partial charge in [0.05, 0.1) is 6.04 Å². The van der Waals surface area contributed by atoms with Crippen LogP contribution in [0.15, 0.2) is 53.1 Å². The fourth-order valence-corrected chi connectivity index (χ4v) is 4.97. The van der Waals surface area contributed by atoms with Crippen LogP contribution in [-0.4, -0.2) is 47.5 Å². The van der Waals surface area contributed by atoms with E-state index in [9.17, 15) is 4.79 Å². The van der Waals surface area contributed by atoms with Crippen molar-refractivity contribution in [3.8, 4) is 0 Å². The molecule has 5 rings (SSSR count). The van der Waals surface area contributed by atoms with Crippen molar-refractivity contribution in [2.75, 3.05) is 26.7 Å². The molecule has 2 aliphatic rings. The molecular weight excluding hydrogens is 386 g/mol. The molecule has 0 saturated carbocycles. The van der Waals surface area contributed by atoms with Crippen molar-refractivity contribution in [1.29, 1.82) is 0 Å². The molecule has 5 heteroatoms. The third kappa shape index (κ3) is 3.79. The number of carbonyl (C=O) groups excluding carboxylic acids is 1. The van der Waals surface area contributed by atoms with Crippen molar-refractivity contribution in [1.82, 2.24) is 15.0 Å². The van der Waals surface area contributed by atoms with Crippen LogP contribution in [0.1, 0.15) is 59.1 Å². The molecule has 31 heavy (non-hydrogen) atoms. The van der Waals surface area contributed by atoms with Crippen molar-refractivity contribution in [2.24, 2.45) is 0 Å². The number of amides is 1. The predicted octanol–water partition coefficient (Wildman–Crippen LogP) is 5.22. The first-order chi connectivity index (χ1) is 15.1. The van der Waals surface area contributed by atoms with Gasteiger partial charge in [-0.3, -0.25) is 4.79 Å². The largest absolute Gasteiger partial charge is 0.361 e. The lowest BCUT2D eigenvalue weighted by Gasteiger charge is -2.35. The molecule has 3 heterocycles. The summed E-state index contributed by atoms with van der Waals surface area (Å²) in [5, 5.41) is 6.42. The summed E-state index contributed by atoms with van der Waals surface area (Å²) in [6.07, 6.45) is 6.40.